The van der Waals surface area contributed by atoms with Gasteiger partial charge in [-0.3, -0.25) is 13.9 Å². The van der Waals surface area contributed by atoms with E-state index in [1.807, 2.05) is 13.8 Å². The average molecular weight is 549 g/mol. The van der Waals surface area contributed by atoms with Gasteiger partial charge in [0.15, 0.2) is 0 Å². The molecule has 11 heteroatoms. The fourth-order valence-electron chi connectivity index (χ4n) is 3.14. The topological polar surface area (TPSA) is 86.8 Å². The monoisotopic (exact) mass is 547 g/mol. The molecule has 0 saturated heterocycles. The predicted octanol–water partition coefficient (Wildman–Crippen LogP) is 4.74. The Morgan fingerprint density at radius 1 is 1.00 bits per heavy atom. The molecule has 2 aromatic rings. The number of sulfonamides is 1. The van der Waals surface area contributed by atoms with Gasteiger partial charge in [0.25, 0.3) is 0 Å². The van der Waals surface area contributed by atoms with Gasteiger partial charge in [-0.2, -0.15) is 0 Å². The van der Waals surface area contributed by atoms with Crippen LogP contribution in [0.2, 0.25) is 15.1 Å². The van der Waals surface area contributed by atoms with E-state index in [1.165, 1.54) is 23.1 Å². The molecule has 0 spiro atoms. The van der Waals surface area contributed by atoms with Crippen LogP contribution in [0.5, 0.6) is 0 Å². The molecule has 7 nitrogen and oxygen atoms in total. The van der Waals surface area contributed by atoms with Crippen LogP contribution in [0.15, 0.2) is 42.5 Å². The highest BCUT2D eigenvalue weighted by molar-refractivity contribution is 7.92. The van der Waals surface area contributed by atoms with Crippen LogP contribution in [0.3, 0.4) is 0 Å². The van der Waals surface area contributed by atoms with Gasteiger partial charge in [-0.25, -0.2) is 8.42 Å². The highest BCUT2D eigenvalue weighted by Gasteiger charge is 2.31. The lowest BCUT2D eigenvalue weighted by molar-refractivity contribution is -0.139. The van der Waals surface area contributed by atoms with E-state index < -0.39 is 28.5 Å². The van der Waals surface area contributed by atoms with Gasteiger partial charge in [-0.05, 0) is 44.0 Å². The maximum atomic E-state index is 13.5. The summed E-state index contributed by atoms with van der Waals surface area (Å²) in [4.78, 5) is 27.7. The van der Waals surface area contributed by atoms with Gasteiger partial charge >= 0.3 is 0 Å². The van der Waals surface area contributed by atoms with Crippen molar-refractivity contribution in [1.82, 2.24) is 10.2 Å². The second-order valence-electron chi connectivity index (χ2n) is 7.95. The summed E-state index contributed by atoms with van der Waals surface area (Å²) >= 11 is 18.6. The van der Waals surface area contributed by atoms with E-state index in [1.54, 1.807) is 31.2 Å². The Morgan fingerprint density at radius 3 is 2.21 bits per heavy atom. The summed E-state index contributed by atoms with van der Waals surface area (Å²) in [5, 5.41) is 3.43. The third-order valence-electron chi connectivity index (χ3n) is 5.35. The van der Waals surface area contributed by atoms with Gasteiger partial charge in [0.2, 0.25) is 21.8 Å². The van der Waals surface area contributed by atoms with E-state index in [-0.39, 0.29) is 34.2 Å². The van der Waals surface area contributed by atoms with Crippen LogP contribution >= 0.6 is 34.8 Å². The molecule has 0 aromatic heterocycles. The Labute approximate surface area is 216 Å². The van der Waals surface area contributed by atoms with E-state index in [0.29, 0.717) is 17.0 Å². The van der Waals surface area contributed by atoms with Crippen LogP contribution in [-0.4, -0.2) is 50.0 Å². The average Bonchev–Trinajstić information content (AvgIpc) is 2.77. The number of hydrogen-bond donors (Lipinski definition) is 1. The van der Waals surface area contributed by atoms with E-state index in [4.69, 9.17) is 34.8 Å². The summed E-state index contributed by atoms with van der Waals surface area (Å²) < 4.78 is 26.1. The number of hydrogen-bond acceptors (Lipinski definition) is 4. The van der Waals surface area contributed by atoms with Gasteiger partial charge in [0, 0.05) is 17.6 Å². The van der Waals surface area contributed by atoms with E-state index in [2.05, 4.69) is 5.32 Å². The van der Waals surface area contributed by atoms with Crippen LogP contribution in [0.25, 0.3) is 0 Å². The number of halogens is 3. The molecule has 0 aliphatic carbocycles. The largest absolute Gasteiger partial charge is 0.352 e. The van der Waals surface area contributed by atoms with Crippen LogP contribution in [-0.2, 0) is 26.2 Å². The molecule has 2 aromatic carbocycles. The normalized spacial score (nSPS) is 13.1. The van der Waals surface area contributed by atoms with Crippen molar-refractivity contribution in [3.8, 4) is 0 Å². The van der Waals surface area contributed by atoms with E-state index in [0.717, 1.165) is 10.6 Å². The third-order valence-corrected chi connectivity index (χ3v) is 7.65. The number of rotatable bonds is 10. The standard InChI is InChI=1S/C23H28Cl3N3O4S/c1-5-15(2)27-23(31)16(3)28(13-17-9-6-7-10-18(17)24)21(30)14-29(34(4,32)33)20-12-8-11-19(25)22(20)26/h6-12,15-16H,5,13-14H2,1-4H3,(H,27,31)/t15-,16+/m1/s1. The second kappa shape index (κ2) is 12.1. The molecule has 0 radical (unpaired) electrons. The summed E-state index contributed by atoms with van der Waals surface area (Å²) in [6.45, 7) is 4.81. The summed E-state index contributed by atoms with van der Waals surface area (Å²) in [7, 11) is -3.92. The lowest BCUT2D eigenvalue weighted by Crippen LogP contribution is -2.52. The minimum absolute atomic E-state index is 0.00241. The van der Waals surface area contributed by atoms with Gasteiger partial charge in [-0.1, -0.05) is 66.0 Å². The molecule has 0 bridgehead atoms. The van der Waals surface area contributed by atoms with Crippen molar-refractivity contribution in [2.24, 2.45) is 0 Å². The molecule has 2 rings (SSSR count). The van der Waals surface area contributed by atoms with Crippen molar-refractivity contribution in [1.29, 1.82) is 0 Å². The number of nitrogens with one attached hydrogen (secondary N) is 1. The molecule has 186 valence electrons. The first-order valence-electron chi connectivity index (χ1n) is 10.6. The Morgan fingerprint density at radius 2 is 1.62 bits per heavy atom. The maximum absolute atomic E-state index is 13.5. The van der Waals surface area contributed by atoms with Gasteiger partial charge in [0.1, 0.15) is 12.6 Å². The molecule has 0 aliphatic rings. The summed E-state index contributed by atoms with van der Waals surface area (Å²) in [6, 6.07) is 10.5. The second-order valence-corrected chi connectivity index (χ2v) is 11.0. The first kappa shape index (κ1) is 28.2. The van der Waals surface area contributed by atoms with Crippen molar-refractivity contribution < 1.29 is 18.0 Å². The zero-order chi connectivity index (χ0) is 25.6. The molecule has 2 amide bonds. The van der Waals surface area contributed by atoms with E-state index in [9.17, 15) is 18.0 Å². The molecule has 1 N–H and O–H groups in total. The van der Waals surface area contributed by atoms with Crippen LogP contribution in [0.1, 0.15) is 32.8 Å². The SMILES string of the molecule is CC[C@@H](C)NC(=O)[C@H](C)N(Cc1ccccc1Cl)C(=O)CN(c1cccc(Cl)c1Cl)S(C)(=O)=O. The number of amides is 2. The molecule has 2 atom stereocenters. The molecule has 0 unspecified atom stereocenters. The zero-order valence-corrected chi connectivity index (χ0v) is 22.5. The fourth-order valence-corrected chi connectivity index (χ4v) is 4.64. The first-order valence-corrected chi connectivity index (χ1v) is 13.6. The lowest BCUT2D eigenvalue weighted by Gasteiger charge is -2.32. The molecule has 0 saturated carbocycles. The van der Waals surface area contributed by atoms with Crippen molar-refractivity contribution in [3.63, 3.8) is 0 Å². The smallest absolute Gasteiger partial charge is 0.244 e. The van der Waals surface area contributed by atoms with Crippen LogP contribution in [0.4, 0.5) is 5.69 Å². The lowest BCUT2D eigenvalue weighted by atomic mass is 10.1. The molecular formula is C23H28Cl3N3O4S. The number of carbonyl (C=O) groups is 2. The first-order chi connectivity index (χ1) is 15.9. The fraction of sp³-hybridized carbons (Fsp3) is 0.391. The van der Waals surface area contributed by atoms with Crippen molar-refractivity contribution in [2.45, 2.75) is 45.8 Å². The molecule has 0 fully saturated rings. The Hall–Kier alpha value is -2.00. The quantitative estimate of drug-likeness (QED) is 0.464. The highest BCUT2D eigenvalue weighted by atomic mass is 35.5. The molecule has 0 aliphatic heterocycles. The summed E-state index contributed by atoms with van der Waals surface area (Å²) in [5.41, 5.74) is 0.687. The van der Waals surface area contributed by atoms with Crippen LogP contribution < -0.4 is 9.62 Å². The predicted molar refractivity (Wildman–Crippen MR) is 138 cm³/mol. The van der Waals surface area contributed by atoms with Crippen molar-refractivity contribution in [3.05, 3.63) is 63.1 Å². The Kier molecular flexibility index (Phi) is 10.1. The summed E-state index contributed by atoms with van der Waals surface area (Å²) in [6.07, 6.45) is 1.68. The van der Waals surface area contributed by atoms with Gasteiger partial charge in [0.05, 0.1) is 22.0 Å². The van der Waals surface area contributed by atoms with Crippen molar-refractivity contribution >= 4 is 62.3 Å². The maximum Gasteiger partial charge on any atom is 0.244 e. The van der Waals surface area contributed by atoms with Gasteiger partial charge < -0.3 is 10.2 Å². The number of benzene rings is 2. The molecule has 34 heavy (non-hydrogen) atoms. The molecular weight excluding hydrogens is 521 g/mol. The minimum Gasteiger partial charge on any atom is -0.352 e. The number of anilines is 1. The zero-order valence-electron chi connectivity index (χ0n) is 19.4. The van der Waals surface area contributed by atoms with Crippen LogP contribution in [0, 0.1) is 0 Å². The molecule has 0 heterocycles. The minimum atomic E-state index is -3.92. The number of carbonyl (C=O) groups excluding carboxylic acids is 2. The Bertz CT molecular complexity index is 1140. The third kappa shape index (κ3) is 7.25. The van der Waals surface area contributed by atoms with Crippen molar-refractivity contribution in [2.75, 3.05) is 17.1 Å². The van der Waals surface area contributed by atoms with Gasteiger partial charge in [-0.15, -0.1) is 0 Å². The number of nitrogens with zero attached hydrogens (tertiary/aromatic N) is 2. The highest BCUT2D eigenvalue weighted by Crippen LogP contribution is 2.33. The summed E-state index contributed by atoms with van der Waals surface area (Å²) in [5.74, 6) is -0.963. The van der Waals surface area contributed by atoms with E-state index >= 15 is 0 Å². The Balaban J connectivity index is 2.45.